The van der Waals surface area contributed by atoms with Crippen LogP contribution in [0.5, 0.6) is 11.5 Å². The molecule has 416 valence electrons. The number of alkyl halides is 3. The predicted octanol–water partition coefficient (Wildman–Crippen LogP) is 22.9. The van der Waals surface area contributed by atoms with Gasteiger partial charge in [-0.15, -0.1) is 0 Å². The molecule has 0 saturated heterocycles. The highest BCUT2D eigenvalue weighted by Gasteiger charge is 2.30. The van der Waals surface area contributed by atoms with Crippen LogP contribution in [0.2, 0.25) is 5.02 Å². The maximum absolute atomic E-state index is 12.1. The fourth-order valence-corrected chi connectivity index (χ4v) is 7.39. The van der Waals surface area contributed by atoms with Gasteiger partial charge in [-0.05, 0) is 149 Å². The number of aryl methyl sites for hydroxylation is 3. The third-order valence-electron chi connectivity index (χ3n) is 12.2. The van der Waals surface area contributed by atoms with Crippen molar-refractivity contribution in [2.75, 3.05) is 14.2 Å². The normalized spacial score (nSPS) is 10.5. The molecule has 0 saturated carbocycles. The first-order valence-electron chi connectivity index (χ1n) is 26.6. The second-order valence-corrected chi connectivity index (χ2v) is 21.4. The number of methoxy groups -OCH3 is 2. The standard InChI is InChI=1S/C10H11F3.2C10H14O.3C10H14.C9H11Cl.CH4/c1-7(2)8-3-5-9(6-4-8)10(11,12)13;1-8(2)9-5-4-6-10(7-9)11-3;1-8(2)9-6-4-5-7-10(9)11-3;1-8(2)10-6-4-9(3)5-7-10;1-8(2)10-6-4-5-9(3)7-10;1-8(2)10-7-5-4-6-9(10)3;1-7(2)8-3-5-9(10)6-4-8;/h3-7H,1-2H3;2*4-8H,1-3H3;3*4-8H,1-3H3;3-7H,1-2H3;1H4. The van der Waals surface area contributed by atoms with E-state index < -0.39 is 11.7 Å². The molecule has 0 amide bonds. The molecule has 0 N–H and O–H groups in total. The quantitative estimate of drug-likeness (QED) is 0.143. The van der Waals surface area contributed by atoms with Crippen molar-refractivity contribution in [1.82, 2.24) is 0 Å². The van der Waals surface area contributed by atoms with Crippen LogP contribution in [0.15, 0.2) is 170 Å². The molecule has 0 heterocycles. The van der Waals surface area contributed by atoms with Crippen LogP contribution in [-0.4, -0.2) is 14.2 Å². The van der Waals surface area contributed by atoms with Crippen LogP contribution in [0, 0.1) is 20.8 Å². The lowest BCUT2D eigenvalue weighted by Gasteiger charge is -2.10. The van der Waals surface area contributed by atoms with E-state index >= 15 is 0 Å². The molecule has 0 bridgehead atoms. The second kappa shape index (κ2) is 37.1. The van der Waals surface area contributed by atoms with E-state index in [2.05, 4.69) is 207 Å². The molecule has 0 atom stereocenters. The summed E-state index contributed by atoms with van der Waals surface area (Å²) in [6.45, 7) is 36.6. The average molecular weight is 1060 g/mol. The van der Waals surface area contributed by atoms with Gasteiger partial charge in [0.15, 0.2) is 0 Å². The minimum absolute atomic E-state index is 0. The second-order valence-electron chi connectivity index (χ2n) is 21.0. The molecule has 7 rings (SSSR count). The molecular formula is C70H96ClF3O2. The Morgan fingerprint density at radius 3 is 1.12 bits per heavy atom. The van der Waals surface area contributed by atoms with Gasteiger partial charge in [0.25, 0.3) is 0 Å². The summed E-state index contributed by atoms with van der Waals surface area (Å²) in [6, 6.07) is 55.5. The van der Waals surface area contributed by atoms with E-state index in [1.54, 1.807) is 14.2 Å². The Bertz CT molecular complexity index is 2520. The van der Waals surface area contributed by atoms with Crippen molar-refractivity contribution in [2.24, 2.45) is 0 Å². The molecule has 0 fully saturated rings. The first-order chi connectivity index (χ1) is 35.2. The van der Waals surface area contributed by atoms with Crippen LogP contribution in [-0.2, 0) is 6.18 Å². The van der Waals surface area contributed by atoms with Crippen LogP contribution in [0.4, 0.5) is 13.2 Å². The van der Waals surface area contributed by atoms with Crippen LogP contribution >= 0.6 is 11.6 Å². The third kappa shape index (κ3) is 28.4. The van der Waals surface area contributed by atoms with Gasteiger partial charge in [0.1, 0.15) is 11.5 Å². The van der Waals surface area contributed by atoms with E-state index in [9.17, 15) is 13.2 Å². The van der Waals surface area contributed by atoms with Crippen LogP contribution < -0.4 is 9.47 Å². The Morgan fingerprint density at radius 1 is 0.368 bits per heavy atom. The van der Waals surface area contributed by atoms with Gasteiger partial charge in [-0.1, -0.05) is 254 Å². The van der Waals surface area contributed by atoms with Crippen molar-refractivity contribution in [3.63, 3.8) is 0 Å². The molecule has 0 spiro atoms. The zero-order valence-corrected chi connectivity index (χ0v) is 49.8. The maximum Gasteiger partial charge on any atom is 0.416 e. The molecule has 0 radical (unpaired) electrons. The van der Waals surface area contributed by atoms with Gasteiger partial charge in [0.05, 0.1) is 19.8 Å². The molecule has 0 aliphatic rings. The lowest BCUT2D eigenvalue weighted by molar-refractivity contribution is -0.137. The van der Waals surface area contributed by atoms with Crippen molar-refractivity contribution in [3.8, 4) is 11.5 Å². The zero-order valence-electron chi connectivity index (χ0n) is 49.0. The fourth-order valence-electron chi connectivity index (χ4n) is 7.26. The minimum atomic E-state index is -4.23. The van der Waals surface area contributed by atoms with Crippen molar-refractivity contribution in [2.45, 2.75) is 173 Å². The van der Waals surface area contributed by atoms with Gasteiger partial charge in [0.2, 0.25) is 0 Å². The summed E-state index contributed by atoms with van der Waals surface area (Å²) < 4.78 is 46.7. The van der Waals surface area contributed by atoms with Crippen molar-refractivity contribution in [1.29, 1.82) is 0 Å². The van der Waals surface area contributed by atoms with E-state index in [-0.39, 0.29) is 13.3 Å². The molecule has 6 heteroatoms. The fraction of sp³-hybridized carbons (Fsp3) is 0.400. The molecule has 7 aromatic rings. The highest BCUT2D eigenvalue weighted by molar-refractivity contribution is 6.30. The van der Waals surface area contributed by atoms with Gasteiger partial charge in [-0.3, -0.25) is 0 Å². The number of hydrogen-bond donors (Lipinski definition) is 0. The van der Waals surface area contributed by atoms with E-state index in [1.165, 1.54) is 62.2 Å². The van der Waals surface area contributed by atoms with Gasteiger partial charge in [0, 0.05) is 5.02 Å². The van der Waals surface area contributed by atoms with E-state index in [0.717, 1.165) is 34.2 Å². The van der Waals surface area contributed by atoms with Gasteiger partial charge in [-0.2, -0.15) is 13.2 Å². The minimum Gasteiger partial charge on any atom is -0.497 e. The van der Waals surface area contributed by atoms with E-state index in [1.807, 2.05) is 56.3 Å². The molecule has 0 aliphatic carbocycles. The Morgan fingerprint density at radius 2 is 0.763 bits per heavy atom. The Labute approximate surface area is 466 Å². The van der Waals surface area contributed by atoms with Crippen molar-refractivity contribution < 1.29 is 22.6 Å². The summed E-state index contributed by atoms with van der Waals surface area (Å²) in [5, 5.41) is 0.810. The van der Waals surface area contributed by atoms with Gasteiger partial charge < -0.3 is 9.47 Å². The topological polar surface area (TPSA) is 18.5 Å². The van der Waals surface area contributed by atoms with Crippen LogP contribution in [0.25, 0.3) is 0 Å². The number of ether oxygens (including phenoxy) is 2. The third-order valence-corrected chi connectivity index (χ3v) is 12.5. The SMILES string of the molecule is C.CC(C)c1ccc(C(F)(F)F)cc1.CC(C)c1ccc(Cl)cc1.COc1cccc(C(C)C)c1.COc1ccccc1C(C)C.Cc1ccc(C(C)C)cc1.Cc1cccc(C(C)C)c1.Cc1ccccc1C(C)C. The Kier molecular flexibility index (Phi) is 34.3. The highest BCUT2D eigenvalue weighted by Crippen LogP contribution is 2.30. The number of rotatable bonds is 9. The number of halogens is 4. The molecular weight excluding hydrogens is 965 g/mol. The van der Waals surface area contributed by atoms with Crippen molar-refractivity contribution in [3.05, 3.63) is 236 Å². The van der Waals surface area contributed by atoms with Gasteiger partial charge in [-0.25, -0.2) is 0 Å². The highest BCUT2D eigenvalue weighted by atomic mass is 35.5. The number of benzene rings is 7. The number of para-hydroxylation sites is 1. The first kappa shape index (κ1) is 70.2. The summed E-state index contributed by atoms with van der Waals surface area (Å²) in [5.41, 5.74) is 12.7. The smallest absolute Gasteiger partial charge is 0.416 e. The van der Waals surface area contributed by atoms with Crippen molar-refractivity contribution >= 4 is 11.6 Å². The van der Waals surface area contributed by atoms with Crippen LogP contribution in [0.1, 0.15) is 207 Å². The summed E-state index contributed by atoms with van der Waals surface area (Å²) in [6.07, 6.45) is -4.23. The maximum atomic E-state index is 12.1. The predicted molar refractivity (Wildman–Crippen MR) is 328 cm³/mol. The monoisotopic (exact) mass is 1060 g/mol. The summed E-state index contributed by atoms with van der Waals surface area (Å²) in [7, 11) is 3.40. The zero-order chi connectivity index (χ0) is 56.8. The molecule has 7 aromatic carbocycles. The molecule has 2 nitrogen and oxygen atoms in total. The van der Waals surface area contributed by atoms with Gasteiger partial charge >= 0.3 is 6.18 Å². The van der Waals surface area contributed by atoms with E-state index in [4.69, 9.17) is 21.1 Å². The summed E-state index contributed by atoms with van der Waals surface area (Å²) in [4.78, 5) is 0. The molecule has 0 unspecified atom stereocenters. The summed E-state index contributed by atoms with van der Waals surface area (Å²) >= 11 is 5.72. The average Bonchev–Trinajstić information content (AvgIpc) is 3.37. The Hall–Kier alpha value is -5.78. The molecule has 76 heavy (non-hydrogen) atoms. The first-order valence-corrected chi connectivity index (χ1v) is 27.0. The Balaban J connectivity index is 0.000000863. The lowest BCUT2D eigenvalue weighted by atomic mass is 9.99. The molecule has 0 aromatic heterocycles. The molecule has 0 aliphatic heterocycles. The van der Waals surface area contributed by atoms with Crippen LogP contribution in [0.3, 0.4) is 0 Å². The summed E-state index contributed by atoms with van der Waals surface area (Å²) in [5.74, 6) is 5.86. The lowest BCUT2D eigenvalue weighted by Crippen LogP contribution is -2.04. The van der Waals surface area contributed by atoms with E-state index in [0.29, 0.717) is 35.5 Å². The largest absolute Gasteiger partial charge is 0.497 e. The number of hydrogen-bond acceptors (Lipinski definition) is 2.